The fourth-order valence-electron chi connectivity index (χ4n) is 2.93. The number of hydrogen-bond donors (Lipinski definition) is 2. The second kappa shape index (κ2) is 7.73. The summed E-state index contributed by atoms with van der Waals surface area (Å²) in [6, 6.07) is 8.72. The number of anilines is 1. The molecule has 0 aliphatic carbocycles. The third-order valence-electron chi connectivity index (χ3n) is 4.28. The van der Waals surface area contributed by atoms with Crippen LogP contribution in [0.3, 0.4) is 0 Å². The van der Waals surface area contributed by atoms with Crippen LogP contribution in [0.15, 0.2) is 40.4 Å². The number of phenols is 1. The second-order valence-corrected chi connectivity index (χ2v) is 7.54. The molecule has 0 radical (unpaired) electrons. The number of nitrogens with one attached hydrogen (secondary N) is 1. The van der Waals surface area contributed by atoms with Gasteiger partial charge in [0.2, 0.25) is 0 Å². The first-order chi connectivity index (χ1) is 13.2. The van der Waals surface area contributed by atoms with Gasteiger partial charge in [-0.2, -0.15) is 0 Å². The molecule has 0 saturated carbocycles. The maximum Gasteiger partial charge on any atom is 0.270 e. The molecular weight excluding hydrogens is 444 g/mol. The van der Waals surface area contributed by atoms with E-state index in [2.05, 4.69) is 21.2 Å². The number of carbonyl (C=O) groups excluding carboxylic acids is 2. The van der Waals surface area contributed by atoms with E-state index in [9.17, 15) is 14.7 Å². The molecule has 2 aromatic rings. The number of nitrogens with zero attached hydrogens (tertiary/aromatic N) is 1. The lowest BCUT2D eigenvalue weighted by molar-refractivity contribution is -0.122. The summed E-state index contributed by atoms with van der Waals surface area (Å²) in [4.78, 5) is 26.9. The van der Waals surface area contributed by atoms with Crippen LogP contribution in [0.2, 0.25) is 0 Å². The number of rotatable bonds is 3. The molecule has 2 N–H and O–H groups in total. The van der Waals surface area contributed by atoms with Gasteiger partial charge in [-0.3, -0.25) is 19.8 Å². The van der Waals surface area contributed by atoms with Crippen LogP contribution in [-0.4, -0.2) is 29.1 Å². The monoisotopic (exact) mass is 460 g/mol. The summed E-state index contributed by atoms with van der Waals surface area (Å²) < 4.78 is 5.50. The molecule has 6 nitrogen and oxygen atoms in total. The Labute approximate surface area is 175 Å². The van der Waals surface area contributed by atoms with E-state index >= 15 is 0 Å². The SMILES string of the molecule is COc1cc(/C=C2\C(=O)NC(=S)N(c3ccc(C)cc3C)C2=O)cc(Br)c1O. The number of amides is 2. The minimum Gasteiger partial charge on any atom is -0.503 e. The van der Waals surface area contributed by atoms with Gasteiger partial charge < -0.3 is 9.84 Å². The van der Waals surface area contributed by atoms with Gasteiger partial charge in [0, 0.05) is 0 Å². The van der Waals surface area contributed by atoms with E-state index in [0.29, 0.717) is 15.7 Å². The lowest BCUT2D eigenvalue weighted by Crippen LogP contribution is -2.54. The number of thiocarbonyl (C=S) groups is 1. The van der Waals surface area contributed by atoms with Crippen molar-refractivity contribution in [2.24, 2.45) is 0 Å². The molecule has 2 aromatic carbocycles. The molecule has 1 fully saturated rings. The third-order valence-corrected chi connectivity index (χ3v) is 5.17. The molecule has 2 amide bonds. The summed E-state index contributed by atoms with van der Waals surface area (Å²) in [5, 5.41) is 12.5. The molecule has 1 heterocycles. The molecule has 0 spiro atoms. The predicted molar refractivity (Wildman–Crippen MR) is 114 cm³/mol. The van der Waals surface area contributed by atoms with E-state index in [1.807, 2.05) is 26.0 Å². The average molecular weight is 461 g/mol. The van der Waals surface area contributed by atoms with Crippen LogP contribution in [0.5, 0.6) is 11.5 Å². The maximum absolute atomic E-state index is 13.1. The fourth-order valence-corrected chi connectivity index (χ4v) is 3.67. The van der Waals surface area contributed by atoms with Crippen molar-refractivity contribution in [2.45, 2.75) is 13.8 Å². The molecule has 0 bridgehead atoms. The minimum atomic E-state index is -0.584. The number of aryl methyl sites for hydroxylation is 2. The summed E-state index contributed by atoms with van der Waals surface area (Å²) in [7, 11) is 1.41. The predicted octanol–water partition coefficient (Wildman–Crippen LogP) is 3.61. The molecule has 1 aliphatic rings. The Bertz CT molecular complexity index is 1050. The number of ether oxygens (including phenoxy) is 1. The first-order valence-electron chi connectivity index (χ1n) is 8.28. The fraction of sp³-hybridized carbons (Fsp3) is 0.150. The van der Waals surface area contributed by atoms with Crippen molar-refractivity contribution in [1.29, 1.82) is 0 Å². The van der Waals surface area contributed by atoms with Crippen molar-refractivity contribution in [3.8, 4) is 11.5 Å². The standard InChI is InChI=1S/C20H17BrN2O4S/c1-10-4-5-15(11(2)6-10)23-19(26)13(18(25)22-20(23)28)7-12-8-14(21)17(24)16(9-12)27-3/h4-9,24H,1-3H3,(H,22,25,28)/b13-7+. The molecule has 144 valence electrons. The maximum atomic E-state index is 13.1. The van der Waals surface area contributed by atoms with Crippen molar-refractivity contribution < 1.29 is 19.4 Å². The van der Waals surface area contributed by atoms with E-state index in [0.717, 1.165) is 11.1 Å². The zero-order valence-electron chi connectivity index (χ0n) is 15.4. The van der Waals surface area contributed by atoms with Gasteiger partial charge in [-0.1, -0.05) is 17.7 Å². The van der Waals surface area contributed by atoms with Crippen LogP contribution >= 0.6 is 28.1 Å². The summed E-state index contributed by atoms with van der Waals surface area (Å²) in [5.74, 6) is -0.961. The molecule has 0 atom stereocenters. The van der Waals surface area contributed by atoms with Crippen LogP contribution in [0.25, 0.3) is 6.08 Å². The minimum absolute atomic E-state index is 0.0311. The largest absolute Gasteiger partial charge is 0.503 e. The van der Waals surface area contributed by atoms with Crippen molar-refractivity contribution >= 4 is 56.8 Å². The molecule has 28 heavy (non-hydrogen) atoms. The Morgan fingerprint density at radius 1 is 1.21 bits per heavy atom. The highest BCUT2D eigenvalue weighted by molar-refractivity contribution is 9.10. The molecule has 1 aliphatic heterocycles. The molecule has 1 saturated heterocycles. The smallest absolute Gasteiger partial charge is 0.270 e. The normalized spacial score (nSPS) is 15.8. The van der Waals surface area contributed by atoms with E-state index in [-0.39, 0.29) is 22.2 Å². The molecule has 3 rings (SSSR count). The topological polar surface area (TPSA) is 78.9 Å². The highest BCUT2D eigenvalue weighted by atomic mass is 79.9. The van der Waals surface area contributed by atoms with Gasteiger partial charge in [0.25, 0.3) is 11.8 Å². The summed E-state index contributed by atoms with van der Waals surface area (Å²) in [6.07, 6.45) is 1.43. The van der Waals surface area contributed by atoms with Crippen LogP contribution in [0, 0.1) is 13.8 Å². The van der Waals surface area contributed by atoms with Gasteiger partial charge >= 0.3 is 0 Å². The van der Waals surface area contributed by atoms with Gasteiger partial charge in [0.1, 0.15) is 5.57 Å². The molecular formula is C20H17BrN2O4S. The van der Waals surface area contributed by atoms with E-state index in [4.69, 9.17) is 17.0 Å². The van der Waals surface area contributed by atoms with Crippen LogP contribution in [0.4, 0.5) is 5.69 Å². The Morgan fingerprint density at radius 3 is 2.57 bits per heavy atom. The van der Waals surface area contributed by atoms with Crippen molar-refractivity contribution in [3.63, 3.8) is 0 Å². The van der Waals surface area contributed by atoms with Crippen LogP contribution in [-0.2, 0) is 9.59 Å². The van der Waals surface area contributed by atoms with E-state index < -0.39 is 11.8 Å². The zero-order chi connectivity index (χ0) is 20.6. The molecule has 0 aromatic heterocycles. The quantitative estimate of drug-likeness (QED) is 0.415. The second-order valence-electron chi connectivity index (χ2n) is 6.30. The number of hydrogen-bond acceptors (Lipinski definition) is 5. The van der Waals surface area contributed by atoms with Crippen molar-refractivity contribution in [1.82, 2.24) is 5.32 Å². The van der Waals surface area contributed by atoms with Gasteiger partial charge in [-0.05, 0) is 77.4 Å². The van der Waals surface area contributed by atoms with E-state index in [1.54, 1.807) is 12.1 Å². The van der Waals surface area contributed by atoms with Gasteiger partial charge in [-0.25, -0.2) is 0 Å². The van der Waals surface area contributed by atoms with Crippen LogP contribution in [0.1, 0.15) is 16.7 Å². The third kappa shape index (κ3) is 3.65. The van der Waals surface area contributed by atoms with Gasteiger partial charge in [0.05, 0.1) is 17.3 Å². The first kappa shape index (κ1) is 20.0. The lowest BCUT2D eigenvalue weighted by atomic mass is 10.0. The van der Waals surface area contributed by atoms with Crippen molar-refractivity contribution in [2.75, 3.05) is 12.0 Å². The van der Waals surface area contributed by atoms with Gasteiger partial charge in [-0.15, -0.1) is 0 Å². The Hall–Kier alpha value is -2.71. The van der Waals surface area contributed by atoms with Crippen LogP contribution < -0.4 is 15.0 Å². The number of aromatic hydroxyl groups is 1. The Balaban J connectivity index is 2.08. The summed E-state index contributed by atoms with van der Waals surface area (Å²) in [5.41, 5.74) is 2.95. The lowest BCUT2D eigenvalue weighted by Gasteiger charge is -2.30. The number of phenolic OH excluding ortho intramolecular Hbond substituents is 1. The summed E-state index contributed by atoms with van der Waals surface area (Å²) in [6.45, 7) is 3.83. The average Bonchev–Trinajstić information content (AvgIpc) is 2.63. The molecule has 8 heteroatoms. The number of benzene rings is 2. The Kier molecular flexibility index (Phi) is 5.53. The number of halogens is 1. The zero-order valence-corrected chi connectivity index (χ0v) is 17.8. The van der Waals surface area contributed by atoms with E-state index in [1.165, 1.54) is 24.2 Å². The highest BCUT2D eigenvalue weighted by Crippen LogP contribution is 2.36. The highest BCUT2D eigenvalue weighted by Gasteiger charge is 2.35. The molecule has 0 unspecified atom stereocenters. The number of carbonyl (C=O) groups is 2. The summed E-state index contributed by atoms with van der Waals surface area (Å²) >= 11 is 8.47. The van der Waals surface area contributed by atoms with Crippen molar-refractivity contribution in [3.05, 3.63) is 57.1 Å². The Morgan fingerprint density at radius 2 is 1.93 bits per heavy atom. The van der Waals surface area contributed by atoms with Gasteiger partial charge in [0.15, 0.2) is 16.6 Å². The number of methoxy groups -OCH3 is 1. The first-order valence-corrected chi connectivity index (χ1v) is 9.48.